The Morgan fingerprint density at radius 3 is 2.43 bits per heavy atom. The Morgan fingerprint density at radius 1 is 1.06 bits per heavy atom. The molecule has 0 saturated carbocycles. The summed E-state index contributed by atoms with van der Waals surface area (Å²) in [6, 6.07) is 15.3. The quantitative estimate of drug-likeness (QED) is 0.197. The van der Waals surface area contributed by atoms with Gasteiger partial charge in [0.2, 0.25) is 17.7 Å². The van der Waals surface area contributed by atoms with E-state index in [1.165, 1.54) is 0 Å². The number of carbonyl (C=O) groups excluding carboxylic acids is 3. The Morgan fingerprint density at radius 2 is 1.79 bits per heavy atom. The second-order valence-corrected chi connectivity index (χ2v) is 12.8. The summed E-state index contributed by atoms with van der Waals surface area (Å²) in [5, 5.41) is 10.8. The van der Waals surface area contributed by atoms with Crippen LogP contribution in [0.3, 0.4) is 0 Å². The molecule has 3 aliphatic heterocycles. The van der Waals surface area contributed by atoms with Crippen LogP contribution in [-0.2, 0) is 25.5 Å². The third-order valence-electron chi connectivity index (χ3n) is 9.91. The maximum absolute atomic E-state index is 14.8. The van der Waals surface area contributed by atoms with Gasteiger partial charge in [-0.2, -0.15) is 0 Å². The minimum absolute atomic E-state index is 0.216. The van der Waals surface area contributed by atoms with Crippen molar-refractivity contribution >= 4 is 23.4 Å². The van der Waals surface area contributed by atoms with Crippen molar-refractivity contribution in [2.24, 2.45) is 11.8 Å². The molecule has 0 radical (unpaired) electrons. The molecule has 3 saturated heterocycles. The van der Waals surface area contributed by atoms with Gasteiger partial charge >= 0.3 is 0 Å². The fraction of sp³-hybridized carbons (Fsp3) is 0.500. The first-order valence-corrected chi connectivity index (χ1v) is 17.0. The topological polar surface area (TPSA) is 99.6 Å². The summed E-state index contributed by atoms with van der Waals surface area (Å²) in [6.07, 6.45) is 7.07. The average Bonchev–Trinajstić information content (AvgIpc) is 3.73. The van der Waals surface area contributed by atoms with Crippen molar-refractivity contribution in [3.05, 3.63) is 85.5 Å². The van der Waals surface area contributed by atoms with Gasteiger partial charge < -0.3 is 29.3 Å². The number of hydrogen-bond acceptors (Lipinski definition) is 6. The zero-order chi connectivity index (χ0) is 33.6. The number of anilines is 1. The molecule has 9 heteroatoms. The predicted octanol–water partition coefficient (Wildman–Crippen LogP) is 4.79. The van der Waals surface area contributed by atoms with Crippen molar-refractivity contribution in [1.82, 2.24) is 9.80 Å². The molecule has 2 aromatic carbocycles. The summed E-state index contributed by atoms with van der Waals surface area (Å²) in [7, 11) is 0. The summed E-state index contributed by atoms with van der Waals surface area (Å²) in [5.74, 6) is -1.70. The number of nitrogens with zero attached hydrogens (tertiary/aromatic N) is 3. The van der Waals surface area contributed by atoms with Crippen molar-refractivity contribution in [3.63, 3.8) is 0 Å². The Balaban J connectivity index is 1.54. The number of aliphatic hydroxyl groups is 1. The van der Waals surface area contributed by atoms with E-state index in [1.54, 1.807) is 26.9 Å². The van der Waals surface area contributed by atoms with Gasteiger partial charge in [-0.3, -0.25) is 14.4 Å². The van der Waals surface area contributed by atoms with Crippen LogP contribution in [-0.4, -0.2) is 89.3 Å². The van der Waals surface area contributed by atoms with Crippen LogP contribution >= 0.6 is 0 Å². The average molecular weight is 644 g/mol. The van der Waals surface area contributed by atoms with Gasteiger partial charge in [0.05, 0.1) is 37.2 Å². The molecule has 3 amide bonds. The Labute approximate surface area is 278 Å². The Hall–Kier alpha value is -3.95. The number of fused-ring (bicyclic) bond motifs is 1. The van der Waals surface area contributed by atoms with Crippen LogP contribution < -0.4 is 9.64 Å². The summed E-state index contributed by atoms with van der Waals surface area (Å²) >= 11 is 0. The molecule has 3 fully saturated rings. The lowest BCUT2D eigenvalue weighted by atomic mass is 9.70. The fourth-order valence-corrected chi connectivity index (χ4v) is 7.88. The van der Waals surface area contributed by atoms with E-state index in [0.717, 1.165) is 24.8 Å². The van der Waals surface area contributed by atoms with Crippen LogP contribution in [0.4, 0.5) is 5.69 Å². The third-order valence-corrected chi connectivity index (χ3v) is 9.91. The molecular weight excluding hydrogens is 594 g/mol. The van der Waals surface area contributed by atoms with Crippen molar-refractivity contribution in [1.29, 1.82) is 0 Å². The lowest BCUT2D eigenvalue weighted by Gasteiger charge is -2.39. The van der Waals surface area contributed by atoms with Gasteiger partial charge in [-0.25, -0.2) is 0 Å². The smallest absolute Gasteiger partial charge is 0.248 e. The molecule has 6 atom stereocenters. The standard InChI is InChI=1S/C38H49N3O6/c1-5-9-13-24-39(22-6-2)37(45)34-38-21-20-31(47-38)32(35(43)40(23-7-3)28-16-18-30(19-17-28)46-8-4)33(38)36(44)41(34)29(26-42)25-27-14-11-10-12-15-27/h6-7,10-12,14-19,29,31-34,42H,2-3,5,8-9,13,20-26H2,1,4H3/t29-,31+,32-,33+,34?,38?/m1/s1. The second-order valence-electron chi connectivity index (χ2n) is 12.8. The number of likely N-dealkylation sites (tertiary alicyclic amines) is 1. The normalized spacial score (nSPS) is 24.9. The highest BCUT2D eigenvalue weighted by molar-refractivity contribution is 6.03. The first-order chi connectivity index (χ1) is 22.8. The number of hydrogen-bond donors (Lipinski definition) is 1. The van der Waals surface area contributed by atoms with Crippen LogP contribution in [0.1, 0.15) is 51.5 Å². The van der Waals surface area contributed by atoms with Gasteiger partial charge in [0, 0.05) is 25.3 Å². The van der Waals surface area contributed by atoms with Gasteiger partial charge in [-0.1, -0.05) is 62.2 Å². The second kappa shape index (κ2) is 15.3. The van der Waals surface area contributed by atoms with E-state index < -0.39 is 35.6 Å². The van der Waals surface area contributed by atoms with Crippen LogP contribution in [0.5, 0.6) is 5.75 Å². The largest absolute Gasteiger partial charge is 0.494 e. The van der Waals surface area contributed by atoms with Crippen molar-refractivity contribution < 1.29 is 29.0 Å². The van der Waals surface area contributed by atoms with Crippen LogP contribution in [0, 0.1) is 11.8 Å². The van der Waals surface area contributed by atoms with E-state index in [-0.39, 0.29) is 30.9 Å². The summed E-state index contributed by atoms with van der Waals surface area (Å²) in [6.45, 7) is 13.1. The molecule has 2 aromatic rings. The van der Waals surface area contributed by atoms with Crippen LogP contribution in [0.25, 0.3) is 0 Å². The van der Waals surface area contributed by atoms with Crippen LogP contribution in [0.2, 0.25) is 0 Å². The molecule has 3 heterocycles. The van der Waals surface area contributed by atoms with Gasteiger partial charge in [0.25, 0.3) is 0 Å². The van der Waals surface area contributed by atoms with E-state index in [1.807, 2.05) is 61.5 Å². The zero-order valence-electron chi connectivity index (χ0n) is 27.8. The SMILES string of the molecule is C=CCN(CCCCC)C(=O)C1N([C@@H](CO)Cc2ccccc2)C(=O)[C@@H]2[C@H](C(=O)N(CC=C)c3ccc(OCC)cc3)[C@@H]3CCC12O3. The first kappa shape index (κ1) is 34.4. The number of carbonyl (C=O) groups is 3. The fourth-order valence-electron chi connectivity index (χ4n) is 7.88. The molecule has 1 N–H and O–H groups in total. The van der Waals surface area contributed by atoms with Crippen molar-refractivity contribution in [2.75, 3.05) is 37.7 Å². The molecule has 0 aliphatic carbocycles. The van der Waals surface area contributed by atoms with Crippen molar-refractivity contribution in [2.45, 2.75) is 76.2 Å². The maximum Gasteiger partial charge on any atom is 0.248 e. The molecule has 0 aromatic heterocycles. The third kappa shape index (κ3) is 6.61. The molecule has 2 bridgehead atoms. The zero-order valence-corrected chi connectivity index (χ0v) is 27.8. The lowest BCUT2D eigenvalue weighted by molar-refractivity contribution is -0.151. The summed E-state index contributed by atoms with van der Waals surface area (Å²) in [5.41, 5.74) is 0.429. The van der Waals surface area contributed by atoms with Gasteiger partial charge in [-0.05, 0) is 62.4 Å². The minimum Gasteiger partial charge on any atom is -0.494 e. The number of amides is 3. The highest BCUT2D eigenvalue weighted by Gasteiger charge is 2.75. The summed E-state index contributed by atoms with van der Waals surface area (Å²) < 4.78 is 12.4. The molecule has 252 valence electrons. The number of rotatable bonds is 17. The highest BCUT2D eigenvalue weighted by Crippen LogP contribution is 2.59. The number of unbranched alkanes of at least 4 members (excludes halogenated alkanes) is 2. The number of benzene rings is 2. The Bertz CT molecular complexity index is 1410. The van der Waals surface area contributed by atoms with Gasteiger partial charge in [0.15, 0.2) is 0 Å². The summed E-state index contributed by atoms with van der Waals surface area (Å²) in [4.78, 5) is 49.1. The van der Waals surface area contributed by atoms with Crippen LogP contribution in [0.15, 0.2) is 79.9 Å². The predicted molar refractivity (Wildman–Crippen MR) is 182 cm³/mol. The minimum atomic E-state index is -1.17. The first-order valence-electron chi connectivity index (χ1n) is 17.0. The molecule has 5 rings (SSSR count). The molecule has 9 nitrogen and oxygen atoms in total. The number of aliphatic hydroxyl groups excluding tert-OH is 1. The molecule has 47 heavy (non-hydrogen) atoms. The van der Waals surface area contributed by atoms with Gasteiger partial charge in [-0.15, -0.1) is 13.2 Å². The van der Waals surface area contributed by atoms with E-state index >= 15 is 0 Å². The number of ether oxygens (including phenoxy) is 2. The highest BCUT2D eigenvalue weighted by atomic mass is 16.5. The maximum atomic E-state index is 14.8. The molecule has 3 aliphatic rings. The van der Waals surface area contributed by atoms with E-state index in [9.17, 15) is 19.5 Å². The molecule has 2 unspecified atom stereocenters. The monoisotopic (exact) mass is 643 g/mol. The van der Waals surface area contributed by atoms with Crippen molar-refractivity contribution in [3.8, 4) is 5.75 Å². The van der Waals surface area contributed by atoms with E-state index in [4.69, 9.17) is 9.47 Å². The molecular formula is C38H49N3O6. The van der Waals surface area contributed by atoms with Gasteiger partial charge in [0.1, 0.15) is 17.4 Å². The Kier molecular flexibility index (Phi) is 11.2. The molecule has 1 spiro atoms. The van der Waals surface area contributed by atoms with E-state index in [2.05, 4.69) is 20.1 Å². The lowest BCUT2D eigenvalue weighted by Crippen LogP contribution is -2.59. The van der Waals surface area contributed by atoms with E-state index in [0.29, 0.717) is 50.4 Å².